The number of hydrogen-bond donors (Lipinski definition) is 0. The number of para-hydroxylation sites is 1. The Hall–Kier alpha value is -2.02. The lowest BCUT2D eigenvalue weighted by Crippen LogP contribution is -2.38. The predicted octanol–water partition coefficient (Wildman–Crippen LogP) is 1.54. The Morgan fingerprint density at radius 2 is 2.04 bits per heavy atom. The number of fused-ring (bicyclic) bond motifs is 1. The zero-order chi connectivity index (χ0) is 17.0. The normalized spacial score (nSPS) is 14.9. The Kier molecular flexibility index (Phi) is 5.65. The van der Waals surface area contributed by atoms with Gasteiger partial charge in [0.05, 0.1) is 17.9 Å². The molecule has 6 nitrogen and oxygen atoms in total. The molecule has 0 unspecified atom stereocenters. The number of nitrogens with zero attached hydrogens (tertiary/aromatic N) is 2. The highest BCUT2D eigenvalue weighted by molar-refractivity contribution is 8.00. The van der Waals surface area contributed by atoms with E-state index in [1.807, 2.05) is 24.3 Å². The molecule has 0 saturated heterocycles. The first kappa shape index (κ1) is 17.3. The van der Waals surface area contributed by atoms with Gasteiger partial charge in [-0.3, -0.25) is 14.4 Å². The number of likely N-dealkylation sites (N-methyl/N-ethyl adjacent to an activating group) is 1. The fourth-order valence-electron chi connectivity index (χ4n) is 2.27. The summed E-state index contributed by atoms with van der Waals surface area (Å²) >= 11 is 1.50. The van der Waals surface area contributed by atoms with E-state index >= 15 is 0 Å². The minimum absolute atomic E-state index is 0.0288. The topological polar surface area (TPSA) is 66.9 Å². The number of anilines is 1. The Morgan fingerprint density at radius 3 is 2.74 bits per heavy atom. The molecule has 2 amide bonds. The quantitative estimate of drug-likeness (QED) is 0.763. The van der Waals surface area contributed by atoms with Crippen molar-refractivity contribution in [1.29, 1.82) is 0 Å². The molecular weight excluding hydrogens is 316 g/mol. The van der Waals surface area contributed by atoms with E-state index in [0.717, 1.165) is 10.6 Å². The van der Waals surface area contributed by atoms with Crippen LogP contribution >= 0.6 is 11.8 Å². The summed E-state index contributed by atoms with van der Waals surface area (Å²) in [5.74, 6) is -0.425. The average Bonchev–Trinajstić information content (AvgIpc) is 2.52. The Labute approximate surface area is 139 Å². The second kappa shape index (κ2) is 7.50. The molecule has 1 aromatic rings. The summed E-state index contributed by atoms with van der Waals surface area (Å²) in [6.07, 6.45) is -0.770. The highest BCUT2D eigenvalue weighted by Crippen LogP contribution is 2.34. The molecule has 1 aliphatic heterocycles. The van der Waals surface area contributed by atoms with E-state index in [1.54, 1.807) is 19.0 Å². The largest absolute Gasteiger partial charge is 0.452 e. The van der Waals surface area contributed by atoms with Crippen molar-refractivity contribution in [3.63, 3.8) is 0 Å². The fraction of sp³-hybridized carbons (Fsp3) is 0.438. The Balaban J connectivity index is 1.94. The second-order valence-corrected chi connectivity index (χ2v) is 6.43. The predicted molar refractivity (Wildman–Crippen MR) is 88.4 cm³/mol. The summed E-state index contributed by atoms with van der Waals surface area (Å²) in [5.41, 5.74) is 0.818. The standard InChI is InChI=1S/C16H20N2O4S/c1-11(16(21)17(2)3)22-15(20)8-9-18-12-6-4-5-7-13(12)23-10-14(18)19/h4-7,11H,8-10H2,1-3H3/t11-/m1/s1. The summed E-state index contributed by atoms with van der Waals surface area (Å²) in [6, 6.07) is 7.60. The molecule has 0 saturated carbocycles. The number of hydrogen-bond acceptors (Lipinski definition) is 5. The van der Waals surface area contributed by atoms with Crippen LogP contribution in [0, 0.1) is 0 Å². The molecule has 7 heteroatoms. The third-order valence-electron chi connectivity index (χ3n) is 3.44. The molecule has 23 heavy (non-hydrogen) atoms. The molecule has 1 aromatic carbocycles. The van der Waals surface area contributed by atoms with Crippen molar-refractivity contribution in [2.45, 2.75) is 24.3 Å². The van der Waals surface area contributed by atoms with Gasteiger partial charge in [-0.15, -0.1) is 11.8 Å². The van der Waals surface area contributed by atoms with Crippen LogP contribution in [0.1, 0.15) is 13.3 Å². The van der Waals surface area contributed by atoms with Crippen LogP contribution in [0.3, 0.4) is 0 Å². The van der Waals surface area contributed by atoms with Gasteiger partial charge in [0.1, 0.15) is 0 Å². The van der Waals surface area contributed by atoms with Gasteiger partial charge >= 0.3 is 5.97 Å². The molecule has 0 radical (unpaired) electrons. The van der Waals surface area contributed by atoms with Crippen molar-refractivity contribution >= 4 is 35.2 Å². The van der Waals surface area contributed by atoms with Gasteiger partial charge in [-0.2, -0.15) is 0 Å². The second-order valence-electron chi connectivity index (χ2n) is 5.42. The third-order valence-corrected chi connectivity index (χ3v) is 4.49. The smallest absolute Gasteiger partial charge is 0.308 e. The Bertz CT molecular complexity index is 618. The zero-order valence-corrected chi connectivity index (χ0v) is 14.3. The van der Waals surface area contributed by atoms with Gasteiger partial charge < -0.3 is 14.5 Å². The number of benzene rings is 1. The molecule has 2 rings (SSSR count). The van der Waals surface area contributed by atoms with Crippen molar-refractivity contribution in [1.82, 2.24) is 4.90 Å². The van der Waals surface area contributed by atoms with Gasteiger partial charge in [0.15, 0.2) is 6.10 Å². The lowest BCUT2D eigenvalue weighted by atomic mass is 10.2. The van der Waals surface area contributed by atoms with E-state index in [2.05, 4.69) is 0 Å². The maximum absolute atomic E-state index is 12.1. The van der Waals surface area contributed by atoms with Crippen LogP contribution in [-0.4, -0.2) is 55.2 Å². The minimum atomic E-state index is -0.822. The molecule has 1 heterocycles. The van der Waals surface area contributed by atoms with Crippen LogP contribution in [0.4, 0.5) is 5.69 Å². The van der Waals surface area contributed by atoms with Crippen LogP contribution in [0.25, 0.3) is 0 Å². The lowest BCUT2D eigenvalue weighted by molar-refractivity contribution is -0.157. The Morgan fingerprint density at radius 1 is 1.35 bits per heavy atom. The van der Waals surface area contributed by atoms with Crippen molar-refractivity contribution in [3.8, 4) is 0 Å². The molecule has 1 atom stereocenters. The monoisotopic (exact) mass is 336 g/mol. The van der Waals surface area contributed by atoms with E-state index in [1.165, 1.54) is 23.6 Å². The number of rotatable bonds is 5. The maximum atomic E-state index is 12.1. The van der Waals surface area contributed by atoms with Gasteiger partial charge in [-0.25, -0.2) is 0 Å². The van der Waals surface area contributed by atoms with E-state index < -0.39 is 12.1 Å². The number of ether oxygens (including phenoxy) is 1. The molecule has 0 spiro atoms. The van der Waals surface area contributed by atoms with Crippen LogP contribution in [0.2, 0.25) is 0 Å². The summed E-state index contributed by atoms with van der Waals surface area (Å²) in [4.78, 5) is 39.7. The first-order valence-electron chi connectivity index (χ1n) is 7.33. The summed E-state index contributed by atoms with van der Waals surface area (Å²) in [7, 11) is 3.21. The summed E-state index contributed by atoms with van der Waals surface area (Å²) in [6.45, 7) is 1.79. The van der Waals surface area contributed by atoms with Crippen LogP contribution in [0.15, 0.2) is 29.2 Å². The van der Waals surface area contributed by atoms with Crippen molar-refractivity contribution < 1.29 is 19.1 Å². The van der Waals surface area contributed by atoms with Crippen molar-refractivity contribution in [2.75, 3.05) is 31.3 Å². The number of carbonyl (C=O) groups is 3. The molecule has 0 aliphatic carbocycles. The van der Waals surface area contributed by atoms with Gasteiger partial charge in [0.25, 0.3) is 5.91 Å². The molecule has 124 valence electrons. The number of esters is 1. The highest BCUT2D eigenvalue weighted by atomic mass is 32.2. The minimum Gasteiger partial charge on any atom is -0.452 e. The number of carbonyl (C=O) groups excluding carboxylic acids is 3. The van der Waals surface area contributed by atoms with Gasteiger partial charge in [-0.1, -0.05) is 12.1 Å². The van der Waals surface area contributed by atoms with E-state index in [-0.39, 0.29) is 24.8 Å². The molecule has 0 bridgehead atoms. The third kappa shape index (κ3) is 4.25. The first-order chi connectivity index (χ1) is 10.9. The average molecular weight is 336 g/mol. The SMILES string of the molecule is C[C@@H](OC(=O)CCN1C(=O)CSc2ccccc21)C(=O)N(C)C. The van der Waals surface area contributed by atoms with Crippen LogP contribution < -0.4 is 4.90 Å². The highest BCUT2D eigenvalue weighted by Gasteiger charge is 2.26. The van der Waals surface area contributed by atoms with Gasteiger partial charge in [0.2, 0.25) is 5.91 Å². The fourth-order valence-corrected chi connectivity index (χ4v) is 3.21. The first-order valence-corrected chi connectivity index (χ1v) is 8.31. The lowest BCUT2D eigenvalue weighted by Gasteiger charge is -2.28. The van der Waals surface area contributed by atoms with Crippen molar-refractivity contribution in [2.24, 2.45) is 0 Å². The van der Waals surface area contributed by atoms with E-state index in [9.17, 15) is 14.4 Å². The maximum Gasteiger partial charge on any atom is 0.308 e. The number of amides is 2. The summed E-state index contributed by atoms with van der Waals surface area (Å²) in [5, 5.41) is 0. The van der Waals surface area contributed by atoms with Crippen molar-refractivity contribution in [3.05, 3.63) is 24.3 Å². The molecule has 1 aliphatic rings. The zero-order valence-electron chi connectivity index (χ0n) is 13.4. The number of thioether (sulfide) groups is 1. The van der Waals surface area contributed by atoms with Crippen LogP contribution in [-0.2, 0) is 19.1 Å². The van der Waals surface area contributed by atoms with Gasteiger partial charge in [0, 0.05) is 25.5 Å². The van der Waals surface area contributed by atoms with Gasteiger partial charge in [-0.05, 0) is 19.1 Å². The van der Waals surface area contributed by atoms with E-state index in [0.29, 0.717) is 5.75 Å². The molecule has 0 N–H and O–H groups in total. The van der Waals surface area contributed by atoms with Crippen LogP contribution in [0.5, 0.6) is 0 Å². The summed E-state index contributed by atoms with van der Waals surface area (Å²) < 4.78 is 5.11. The molecule has 0 fully saturated rings. The van der Waals surface area contributed by atoms with E-state index in [4.69, 9.17) is 4.74 Å². The molecule has 0 aromatic heterocycles. The molecular formula is C16H20N2O4S.